The highest BCUT2D eigenvalue weighted by Crippen LogP contribution is 2.26. The molecule has 3 rings (SSSR count). The van der Waals surface area contributed by atoms with Crippen LogP contribution >= 0.6 is 23.2 Å². The first-order valence-corrected chi connectivity index (χ1v) is 8.49. The van der Waals surface area contributed by atoms with Crippen molar-refractivity contribution >= 4 is 40.4 Å². The number of rotatable bonds is 4. The average molecular weight is 362 g/mol. The Kier molecular flexibility index (Phi) is 4.78. The SMILES string of the molecule is CCCc1nc2cc(C)ccn2c1C(=O)Nc1ccc(Cl)cc1Cl. The fraction of sp³-hybridized carbons (Fsp3) is 0.222. The van der Waals surface area contributed by atoms with Crippen molar-refractivity contribution in [3.05, 3.63) is 63.5 Å². The summed E-state index contributed by atoms with van der Waals surface area (Å²) in [6, 6.07) is 8.90. The third kappa shape index (κ3) is 3.25. The Morgan fingerprint density at radius 2 is 2.04 bits per heavy atom. The van der Waals surface area contributed by atoms with E-state index in [9.17, 15) is 4.79 Å². The molecule has 4 nitrogen and oxygen atoms in total. The second-order valence-corrected chi connectivity index (χ2v) is 6.51. The second kappa shape index (κ2) is 6.83. The van der Waals surface area contributed by atoms with Gasteiger partial charge >= 0.3 is 0 Å². The zero-order valence-electron chi connectivity index (χ0n) is 13.4. The van der Waals surface area contributed by atoms with Gasteiger partial charge in [0.15, 0.2) is 0 Å². The number of nitrogens with zero attached hydrogens (tertiary/aromatic N) is 2. The number of aryl methyl sites for hydroxylation is 2. The van der Waals surface area contributed by atoms with Crippen LogP contribution in [-0.4, -0.2) is 15.3 Å². The summed E-state index contributed by atoms with van der Waals surface area (Å²) >= 11 is 12.1. The van der Waals surface area contributed by atoms with Crippen LogP contribution in [0.3, 0.4) is 0 Å². The molecule has 0 aliphatic carbocycles. The molecular formula is C18H17Cl2N3O. The van der Waals surface area contributed by atoms with Crippen LogP contribution in [0.1, 0.15) is 35.1 Å². The third-order valence-corrected chi connectivity index (χ3v) is 4.28. The van der Waals surface area contributed by atoms with Crippen molar-refractivity contribution in [2.45, 2.75) is 26.7 Å². The quantitative estimate of drug-likeness (QED) is 0.697. The summed E-state index contributed by atoms with van der Waals surface area (Å²) in [7, 11) is 0. The molecule has 6 heteroatoms. The lowest BCUT2D eigenvalue weighted by molar-refractivity contribution is 0.102. The summed E-state index contributed by atoms with van der Waals surface area (Å²) in [5.41, 5.74) is 3.72. The van der Waals surface area contributed by atoms with Gasteiger partial charge in [-0.25, -0.2) is 4.98 Å². The van der Waals surface area contributed by atoms with Crippen LogP contribution in [0.25, 0.3) is 5.65 Å². The fourth-order valence-electron chi connectivity index (χ4n) is 2.62. The molecule has 2 heterocycles. The first-order valence-electron chi connectivity index (χ1n) is 7.73. The van der Waals surface area contributed by atoms with Crippen molar-refractivity contribution in [3.63, 3.8) is 0 Å². The number of imidazole rings is 1. The van der Waals surface area contributed by atoms with E-state index in [-0.39, 0.29) is 5.91 Å². The number of hydrogen-bond acceptors (Lipinski definition) is 2. The summed E-state index contributed by atoms with van der Waals surface area (Å²) in [4.78, 5) is 17.5. The topological polar surface area (TPSA) is 46.4 Å². The molecule has 0 unspecified atom stereocenters. The molecule has 0 spiro atoms. The van der Waals surface area contributed by atoms with E-state index < -0.39 is 0 Å². The predicted molar refractivity (Wildman–Crippen MR) is 98.3 cm³/mol. The maximum absolute atomic E-state index is 12.8. The monoisotopic (exact) mass is 361 g/mol. The van der Waals surface area contributed by atoms with E-state index in [1.54, 1.807) is 18.2 Å². The number of fused-ring (bicyclic) bond motifs is 1. The molecule has 0 radical (unpaired) electrons. The van der Waals surface area contributed by atoms with E-state index in [2.05, 4.69) is 17.2 Å². The van der Waals surface area contributed by atoms with E-state index in [1.807, 2.05) is 29.7 Å². The molecule has 3 aromatic rings. The van der Waals surface area contributed by atoms with Gasteiger partial charge in [-0.1, -0.05) is 36.5 Å². The Hall–Kier alpha value is -2.04. The molecule has 1 N–H and O–H groups in total. The molecule has 0 bridgehead atoms. The van der Waals surface area contributed by atoms with Gasteiger partial charge in [0.05, 0.1) is 16.4 Å². The number of carbonyl (C=O) groups is 1. The minimum atomic E-state index is -0.237. The Morgan fingerprint density at radius 1 is 1.25 bits per heavy atom. The molecule has 124 valence electrons. The highest BCUT2D eigenvalue weighted by atomic mass is 35.5. The largest absolute Gasteiger partial charge is 0.319 e. The van der Waals surface area contributed by atoms with Crippen LogP contribution in [0.2, 0.25) is 10.0 Å². The van der Waals surface area contributed by atoms with Gasteiger partial charge in [-0.2, -0.15) is 0 Å². The normalized spacial score (nSPS) is 11.0. The maximum Gasteiger partial charge on any atom is 0.274 e. The van der Waals surface area contributed by atoms with E-state index in [4.69, 9.17) is 23.2 Å². The second-order valence-electron chi connectivity index (χ2n) is 5.67. The number of pyridine rings is 1. The van der Waals surface area contributed by atoms with Crippen LogP contribution in [0.4, 0.5) is 5.69 Å². The van der Waals surface area contributed by atoms with Crippen molar-refractivity contribution in [2.24, 2.45) is 0 Å². The van der Waals surface area contributed by atoms with Crippen molar-refractivity contribution in [2.75, 3.05) is 5.32 Å². The Labute approximate surface area is 150 Å². The first kappa shape index (κ1) is 16.8. The number of nitrogens with one attached hydrogen (secondary N) is 1. The molecular weight excluding hydrogens is 345 g/mol. The lowest BCUT2D eigenvalue weighted by atomic mass is 10.2. The van der Waals surface area contributed by atoms with Crippen molar-refractivity contribution in [1.82, 2.24) is 9.38 Å². The molecule has 1 amide bonds. The van der Waals surface area contributed by atoms with E-state index in [0.29, 0.717) is 21.4 Å². The maximum atomic E-state index is 12.8. The van der Waals surface area contributed by atoms with Gasteiger partial charge in [0.25, 0.3) is 5.91 Å². The Bertz CT molecular complexity index is 918. The zero-order valence-corrected chi connectivity index (χ0v) is 14.9. The fourth-order valence-corrected chi connectivity index (χ4v) is 3.07. The Balaban J connectivity index is 2.03. The molecule has 0 atom stereocenters. The molecule has 0 aliphatic heterocycles. The smallest absolute Gasteiger partial charge is 0.274 e. The summed E-state index contributed by atoms with van der Waals surface area (Å²) in [5, 5.41) is 3.78. The number of halogens is 2. The van der Waals surface area contributed by atoms with E-state index in [1.165, 1.54) is 0 Å². The lowest BCUT2D eigenvalue weighted by Crippen LogP contribution is -2.16. The van der Waals surface area contributed by atoms with Crippen LogP contribution in [0.15, 0.2) is 36.5 Å². The third-order valence-electron chi connectivity index (χ3n) is 3.74. The highest BCUT2D eigenvalue weighted by molar-refractivity contribution is 6.36. The summed E-state index contributed by atoms with van der Waals surface area (Å²) in [6.07, 6.45) is 3.51. The molecule has 0 saturated carbocycles. The van der Waals surface area contributed by atoms with Crippen LogP contribution < -0.4 is 5.32 Å². The van der Waals surface area contributed by atoms with Crippen LogP contribution in [0, 0.1) is 6.92 Å². The minimum Gasteiger partial charge on any atom is -0.319 e. The van der Waals surface area contributed by atoms with Crippen molar-refractivity contribution in [3.8, 4) is 0 Å². The van der Waals surface area contributed by atoms with Crippen LogP contribution in [-0.2, 0) is 6.42 Å². The van der Waals surface area contributed by atoms with Gasteiger partial charge in [-0.15, -0.1) is 0 Å². The van der Waals surface area contributed by atoms with Gasteiger partial charge in [-0.3, -0.25) is 9.20 Å². The number of hydrogen-bond donors (Lipinski definition) is 1. The van der Waals surface area contributed by atoms with Crippen molar-refractivity contribution in [1.29, 1.82) is 0 Å². The summed E-state index contributed by atoms with van der Waals surface area (Å²) < 4.78 is 1.82. The number of carbonyl (C=O) groups excluding carboxylic acids is 1. The van der Waals surface area contributed by atoms with Crippen LogP contribution in [0.5, 0.6) is 0 Å². The number of aromatic nitrogens is 2. The van der Waals surface area contributed by atoms with Gasteiger partial charge in [0.1, 0.15) is 11.3 Å². The standard InChI is InChI=1S/C18H17Cl2N3O/c1-3-4-15-17(23-8-7-11(2)9-16(23)21-15)18(24)22-14-6-5-12(19)10-13(14)20/h5-10H,3-4H2,1-2H3,(H,22,24). The number of anilines is 1. The Morgan fingerprint density at radius 3 is 2.75 bits per heavy atom. The first-order chi connectivity index (χ1) is 11.5. The van der Waals surface area contributed by atoms with Gasteiger partial charge in [-0.05, 0) is 49.2 Å². The summed E-state index contributed by atoms with van der Waals surface area (Å²) in [5.74, 6) is -0.237. The zero-order chi connectivity index (χ0) is 17.3. The average Bonchev–Trinajstić information content (AvgIpc) is 2.87. The molecule has 0 saturated heterocycles. The van der Waals surface area contributed by atoms with Gasteiger partial charge in [0.2, 0.25) is 0 Å². The number of benzene rings is 1. The number of amides is 1. The molecule has 24 heavy (non-hydrogen) atoms. The lowest BCUT2D eigenvalue weighted by Gasteiger charge is -2.09. The highest BCUT2D eigenvalue weighted by Gasteiger charge is 2.19. The predicted octanol–water partition coefficient (Wildman–Crippen LogP) is 5.15. The molecule has 1 aromatic carbocycles. The summed E-state index contributed by atoms with van der Waals surface area (Å²) in [6.45, 7) is 4.06. The van der Waals surface area contributed by atoms with Crippen molar-refractivity contribution < 1.29 is 4.79 Å². The molecule has 2 aromatic heterocycles. The molecule has 0 fully saturated rings. The minimum absolute atomic E-state index is 0.237. The van der Waals surface area contributed by atoms with Gasteiger partial charge < -0.3 is 5.32 Å². The molecule has 0 aliphatic rings. The van der Waals surface area contributed by atoms with E-state index in [0.717, 1.165) is 29.7 Å². The van der Waals surface area contributed by atoms with Gasteiger partial charge in [0, 0.05) is 11.2 Å². The van der Waals surface area contributed by atoms with E-state index >= 15 is 0 Å².